The highest BCUT2D eigenvalue weighted by molar-refractivity contribution is 5.84. The third-order valence-corrected chi connectivity index (χ3v) is 1.72. The second kappa shape index (κ2) is 4.44. The Morgan fingerprint density at radius 3 is 2.73 bits per heavy atom. The zero-order chi connectivity index (χ0) is 11.5. The van der Waals surface area contributed by atoms with Crippen molar-refractivity contribution in [3.05, 3.63) is 18.0 Å². The van der Waals surface area contributed by atoms with E-state index in [0.29, 0.717) is 13.2 Å². The van der Waals surface area contributed by atoms with Gasteiger partial charge in [-0.15, -0.1) is 0 Å². The molecule has 0 aliphatic heterocycles. The highest BCUT2D eigenvalue weighted by Gasteiger charge is 2.10. The van der Waals surface area contributed by atoms with Crippen LogP contribution in [0.1, 0.15) is 31.3 Å². The van der Waals surface area contributed by atoms with Crippen LogP contribution in [0, 0.1) is 0 Å². The number of aromatic carboxylic acids is 1. The van der Waals surface area contributed by atoms with Crippen LogP contribution in [0.5, 0.6) is 0 Å². The van der Waals surface area contributed by atoms with Crippen molar-refractivity contribution in [2.75, 3.05) is 6.61 Å². The van der Waals surface area contributed by atoms with Crippen LogP contribution in [0.25, 0.3) is 0 Å². The molecule has 0 radical (unpaired) electrons. The molecule has 1 rings (SSSR count). The fraction of sp³-hybridized carbons (Fsp3) is 0.600. The molecule has 0 amide bonds. The number of carboxylic acids is 1. The summed E-state index contributed by atoms with van der Waals surface area (Å²) in [4.78, 5) is 10.5. The molecule has 1 aromatic heterocycles. The van der Waals surface area contributed by atoms with Gasteiger partial charge in [0.2, 0.25) is 0 Å². The van der Waals surface area contributed by atoms with Crippen molar-refractivity contribution in [1.29, 1.82) is 0 Å². The topological polar surface area (TPSA) is 64.3 Å². The van der Waals surface area contributed by atoms with Gasteiger partial charge < -0.3 is 9.84 Å². The lowest BCUT2D eigenvalue weighted by Gasteiger charge is -2.19. The van der Waals surface area contributed by atoms with Gasteiger partial charge in [0.15, 0.2) is 5.69 Å². The quantitative estimate of drug-likeness (QED) is 0.819. The molecule has 0 saturated carbocycles. The van der Waals surface area contributed by atoms with E-state index in [-0.39, 0.29) is 11.3 Å². The van der Waals surface area contributed by atoms with Gasteiger partial charge in [0.25, 0.3) is 0 Å². The summed E-state index contributed by atoms with van der Waals surface area (Å²) in [7, 11) is 0. The van der Waals surface area contributed by atoms with Crippen LogP contribution >= 0.6 is 0 Å². The number of hydrogen-bond donors (Lipinski definition) is 1. The second-order valence-corrected chi connectivity index (χ2v) is 4.23. The number of rotatable bonds is 4. The first-order valence-corrected chi connectivity index (χ1v) is 4.79. The summed E-state index contributed by atoms with van der Waals surface area (Å²) in [5, 5.41) is 12.5. The van der Waals surface area contributed by atoms with Gasteiger partial charge in [0, 0.05) is 6.20 Å². The van der Waals surface area contributed by atoms with Crippen LogP contribution < -0.4 is 0 Å². The predicted octanol–water partition coefficient (Wildman–Crippen LogP) is 1.40. The van der Waals surface area contributed by atoms with Gasteiger partial charge in [-0.1, -0.05) is 0 Å². The summed E-state index contributed by atoms with van der Waals surface area (Å²) in [5.74, 6) is -1.01. The molecular formula is C10H16N2O3. The van der Waals surface area contributed by atoms with Gasteiger partial charge in [0.1, 0.15) is 0 Å². The minimum absolute atomic E-state index is 0.0609. The molecule has 0 spiro atoms. The van der Waals surface area contributed by atoms with Crippen LogP contribution in [0.2, 0.25) is 0 Å². The molecule has 0 aliphatic rings. The number of carboxylic acid groups (broad SMARTS) is 1. The number of nitrogens with zero attached hydrogens (tertiary/aromatic N) is 2. The number of hydrogen-bond acceptors (Lipinski definition) is 3. The average molecular weight is 212 g/mol. The number of aromatic nitrogens is 2. The fourth-order valence-corrected chi connectivity index (χ4v) is 1.05. The van der Waals surface area contributed by atoms with E-state index >= 15 is 0 Å². The fourth-order valence-electron chi connectivity index (χ4n) is 1.05. The standard InChI is InChI=1S/C10H16N2O3/c1-10(2,3)15-7-6-12-5-4-8(11-12)9(13)14/h4-5H,6-7H2,1-3H3,(H,13,14). The van der Waals surface area contributed by atoms with Crippen LogP contribution in [0.3, 0.4) is 0 Å². The van der Waals surface area contributed by atoms with Crippen LogP contribution in [-0.4, -0.2) is 33.1 Å². The van der Waals surface area contributed by atoms with E-state index in [0.717, 1.165) is 0 Å². The van der Waals surface area contributed by atoms with Gasteiger partial charge in [-0.2, -0.15) is 5.10 Å². The largest absolute Gasteiger partial charge is 0.476 e. The third kappa shape index (κ3) is 4.12. The van der Waals surface area contributed by atoms with Gasteiger partial charge in [-0.3, -0.25) is 4.68 Å². The van der Waals surface area contributed by atoms with E-state index in [9.17, 15) is 4.79 Å². The molecule has 0 bridgehead atoms. The van der Waals surface area contributed by atoms with Crippen LogP contribution in [0.4, 0.5) is 0 Å². The lowest BCUT2D eigenvalue weighted by molar-refractivity contribution is -0.00796. The van der Waals surface area contributed by atoms with Crippen molar-refractivity contribution in [3.63, 3.8) is 0 Å². The molecule has 0 aromatic carbocycles. The van der Waals surface area contributed by atoms with Crippen molar-refractivity contribution < 1.29 is 14.6 Å². The molecule has 1 aromatic rings. The first-order chi connectivity index (χ1) is 6.88. The Kier molecular flexibility index (Phi) is 3.47. The first-order valence-electron chi connectivity index (χ1n) is 4.79. The Balaban J connectivity index is 2.41. The Morgan fingerprint density at radius 1 is 1.60 bits per heavy atom. The highest BCUT2D eigenvalue weighted by Crippen LogP contribution is 2.06. The van der Waals surface area contributed by atoms with E-state index in [1.165, 1.54) is 6.07 Å². The number of ether oxygens (including phenoxy) is 1. The summed E-state index contributed by atoms with van der Waals surface area (Å²) in [6.45, 7) is 6.99. The minimum Gasteiger partial charge on any atom is -0.476 e. The molecule has 5 heteroatoms. The molecule has 0 saturated heterocycles. The molecule has 5 nitrogen and oxygen atoms in total. The summed E-state index contributed by atoms with van der Waals surface area (Å²) in [6.07, 6.45) is 1.63. The predicted molar refractivity (Wildman–Crippen MR) is 54.9 cm³/mol. The van der Waals surface area contributed by atoms with E-state index in [2.05, 4.69) is 5.10 Å². The van der Waals surface area contributed by atoms with Gasteiger partial charge in [0.05, 0.1) is 18.8 Å². The molecule has 0 unspecified atom stereocenters. The van der Waals surface area contributed by atoms with Crippen molar-refractivity contribution in [1.82, 2.24) is 9.78 Å². The summed E-state index contributed by atoms with van der Waals surface area (Å²) in [6, 6.07) is 1.47. The van der Waals surface area contributed by atoms with Crippen molar-refractivity contribution in [2.45, 2.75) is 32.9 Å². The summed E-state index contributed by atoms with van der Waals surface area (Å²) >= 11 is 0. The van der Waals surface area contributed by atoms with Crippen molar-refractivity contribution in [2.24, 2.45) is 0 Å². The Hall–Kier alpha value is -1.36. The lowest BCUT2D eigenvalue weighted by Crippen LogP contribution is -2.22. The van der Waals surface area contributed by atoms with E-state index < -0.39 is 5.97 Å². The van der Waals surface area contributed by atoms with Gasteiger partial charge in [-0.05, 0) is 26.8 Å². The van der Waals surface area contributed by atoms with Crippen molar-refractivity contribution >= 4 is 5.97 Å². The molecule has 1 heterocycles. The maximum atomic E-state index is 10.5. The van der Waals surface area contributed by atoms with E-state index in [1.807, 2.05) is 20.8 Å². The second-order valence-electron chi connectivity index (χ2n) is 4.23. The van der Waals surface area contributed by atoms with E-state index in [4.69, 9.17) is 9.84 Å². The normalized spacial score (nSPS) is 11.7. The highest BCUT2D eigenvalue weighted by atomic mass is 16.5. The SMILES string of the molecule is CC(C)(C)OCCn1ccc(C(=O)O)n1. The van der Waals surface area contributed by atoms with Crippen LogP contribution in [0.15, 0.2) is 12.3 Å². The maximum Gasteiger partial charge on any atom is 0.356 e. The minimum atomic E-state index is -1.01. The molecule has 1 N–H and O–H groups in total. The average Bonchev–Trinajstić information content (AvgIpc) is 2.50. The summed E-state index contributed by atoms with van der Waals surface area (Å²) < 4.78 is 7.06. The van der Waals surface area contributed by atoms with Gasteiger partial charge in [-0.25, -0.2) is 4.79 Å². The molecule has 84 valence electrons. The summed E-state index contributed by atoms with van der Waals surface area (Å²) in [5.41, 5.74) is -0.117. The first kappa shape index (κ1) is 11.7. The monoisotopic (exact) mass is 212 g/mol. The zero-order valence-corrected chi connectivity index (χ0v) is 9.23. The molecule has 0 aliphatic carbocycles. The lowest BCUT2D eigenvalue weighted by atomic mass is 10.2. The molecule has 0 fully saturated rings. The molecular weight excluding hydrogens is 196 g/mol. The Labute approximate surface area is 88.7 Å². The Bertz CT molecular complexity index is 339. The van der Waals surface area contributed by atoms with Crippen molar-refractivity contribution in [3.8, 4) is 0 Å². The third-order valence-electron chi connectivity index (χ3n) is 1.72. The molecule has 15 heavy (non-hydrogen) atoms. The molecule has 0 atom stereocenters. The Morgan fingerprint density at radius 2 is 2.27 bits per heavy atom. The maximum absolute atomic E-state index is 10.5. The smallest absolute Gasteiger partial charge is 0.356 e. The van der Waals surface area contributed by atoms with Crippen LogP contribution in [-0.2, 0) is 11.3 Å². The zero-order valence-electron chi connectivity index (χ0n) is 9.23. The van der Waals surface area contributed by atoms with E-state index in [1.54, 1.807) is 10.9 Å². The number of carbonyl (C=O) groups is 1. The van der Waals surface area contributed by atoms with Gasteiger partial charge >= 0.3 is 5.97 Å².